The second kappa shape index (κ2) is 5.76. The van der Waals surface area contributed by atoms with Crippen LogP contribution in [0.15, 0.2) is 48.8 Å². The first-order valence-corrected chi connectivity index (χ1v) is 6.84. The van der Waals surface area contributed by atoms with Crippen molar-refractivity contribution in [3.05, 3.63) is 70.8 Å². The van der Waals surface area contributed by atoms with E-state index in [2.05, 4.69) is 9.97 Å². The molecule has 0 amide bonds. The van der Waals surface area contributed by atoms with Crippen LogP contribution in [-0.4, -0.2) is 15.1 Å². The van der Waals surface area contributed by atoms with Crippen LogP contribution < -0.4 is 0 Å². The highest BCUT2D eigenvalue weighted by Gasteiger charge is 2.15. The largest absolute Gasteiger partial charge is 0.388 e. The third-order valence-corrected chi connectivity index (χ3v) is 3.69. The number of halogens is 2. The van der Waals surface area contributed by atoms with Crippen molar-refractivity contribution in [3.63, 3.8) is 0 Å². The van der Waals surface area contributed by atoms with Gasteiger partial charge in [-0.2, -0.15) is 0 Å². The molecule has 0 aliphatic heterocycles. The molecule has 0 saturated heterocycles. The number of hydrogen-bond acceptors (Lipinski definition) is 3. The zero-order valence-electron chi connectivity index (χ0n) is 11.0. The second-order valence-corrected chi connectivity index (χ2v) is 5.13. The fraction of sp³-hybridized carbons (Fsp3) is 0.125. The van der Waals surface area contributed by atoms with E-state index in [1.165, 1.54) is 6.07 Å². The summed E-state index contributed by atoms with van der Waals surface area (Å²) in [4.78, 5) is 8.36. The van der Waals surface area contributed by atoms with E-state index in [0.29, 0.717) is 21.7 Å². The SMILES string of the molecule is OC(Cc1c(F)cccc1Cl)c1ccc2nccnc2c1. The van der Waals surface area contributed by atoms with Crippen LogP contribution >= 0.6 is 11.6 Å². The Labute approximate surface area is 126 Å². The highest BCUT2D eigenvalue weighted by Crippen LogP contribution is 2.26. The van der Waals surface area contributed by atoms with Crippen LogP contribution in [0.5, 0.6) is 0 Å². The number of benzene rings is 2. The van der Waals surface area contributed by atoms with Crippen LogP contribution in [0.2, 0.25) is 5.02 Å². The Morgan fingerprint density at radius 3 is 2.62 bits per heavy atom. The topological polar surface area (TPSA) is 46.0 Å². The summed E-state index contributed by atoms with van der Waals surface area (Å²) in [6, 6.07) is 9.78. The number of aliphatic hydroxyl groups excluding tert-OH is 1. The molecule has 0 aliphatic rings. The van der Waals surface area contributed by atoms with Crippen LogP contribution in [0, 0.1) is 5.82 Å². The van der Waals surface area contributed by atoms with Gasteiger partial charge < -0.3 is 5.11 Å². The fourth-order valence-electron chi connectivity index (χ4n) is 2.23. The average molecular weight is 303 g/mol. The van der Waals surface area contributed by atoms with E-state index in [-0.39, 0.29) is 6.42 Å². The van der Waals surface area contributed by atoms with E-state index in [0.717, 1.165) is 5.52 Å². The molecule has 1 N–H and O–H groups in total. The summed E-state index contributed by atoms with van der Waals surface area (Å²) in [5.41, 5.74) is 2.40. The number of aliphatic hydroxyl groups is 1. The molecule has 2 aromatic carbocycles. The van der Waals surface area contributed by atoms with Gasteiger partial charge in [0.25, 0.3) is 0 Å². The molecule has 0 aliphatic carbocycles. The van der Waals surface area contributed by atoms with Crippen molar-refractivity contribution in [1.82, 2.24) is 9.97 Å². The molecule has 0 radical (unpaired) electrons. The van der Waals surface area contributed by atoms with Crippen molar-refractivity contribution in [2.45, 2.75) is 12.5 Å². The van der Waals surface area contributed by atoms with Crippen LogP contribution in [0.1, 0.15) is 17.2 Å². The van der Waals surface area contributed by atoms with Gasteiger partial charge >= 0.3 is 0 Å². The molecule has 1 atom stereocenters. The van der Waals surface area contributed by atoms with E-state index in [1.54, 1.807) is 42.7 Å². The number of hydrogen-bond donors (Lipinski definition) is 1. The van der Waals surface area contributed by atoms with E-state index >= 15 is 0 Å². The Morgan fingerprint density at radius 2 is 1.86 bits per heavy atom. The standard InChI is InChI=1S/C16H12ClFN2O/c17-12-2-1-3-13(18)11(12)9-16(21)10-4-5-14-15(8-10)20-7-6-19-14/h1-8,16,21H,9H2. The van der Waals surface area contributed by atoms with Gasteiger partial charge in [0, 0.05) is 29.4 Å². The molecular formula is C16H12ClFN2O. The van der Waals surface area contributed by atoms with Crippen LogP contribution in [0.4, 0.5) is 4.39 Å². The van der Waals surface area contributed by atoms with Crippen molar-refractivity contribution in [2.24, 2.45) is 0 Å². The van der Waals surface area contributed by atoms with Gasteiger partial charge in [-0.1, -0.05) is 23.7 Å². The van der Waals surface area contributed by atoms with Crippen LogP contribution in [-0.2, 0) is 6.42 Å². The van der Waals surface area contributed by atoms with Crippen LogP contribution in [0.25, 0.3) is 11.0 Å². The van der Waals surface area contributed by atoms with Gasteiger partial charge in [-0.15, -0.1) is 0 Å². The van der Waals surface area contributed by atoms with Gasteiger partial charge in [-0.3, -0.25) is 9.97 Å². The third kappa shape index (κ3) is 2.86. The molecule has 1 heterocycles. The summed E-state index contributed by atoms with van der Waals surface area (Å²) >= 11 is 5.98. The first-order chi connectivity index (χ1) is 10.1. The molecule has 3 nitrogen and oxygen atoms in total. The summed E-state index contributed by atoms with van der Waals surface area (Å²) < 4.78 is 13.8. The lowest BCUT2D eigenvalue weighted by molar-refractivity contribution is 0.177. The van der Waals surface area contributed by atoms with Gasteiger partial charge in [0.15, 0.2) is 0 Å². The van der Waals surface area contributed by atoms with Crippen molar-refractivity contribution in [3.8, 4) is 0 Å². The molecule has 1 aromatic heterocycles. The Hall–Kier alpha value is -2.04. The maximum Gasteiger partial charge on any atom is 0.127 e. The molecule has 3 rings (SSSR count). The van der Waals surface area contributed by atoms with Crippen molar-refractivity contribution < 1.29 is 9.50 Å². The average Bonchev–Trinajstić information content (AvgIpc) is 2.50. The number of rotatable bonds is 3. The van der Waals surface area contributed by atoms with E-state index < -0.39 is 11.9 Å². The smallest absolute Gasteiger partial charge is 0.127 e. The molecule has 21 heavy (non-hydrogen) atoms. The lowest BCUT2D eigenvalue weighted by atomic mass is 10.0. The minimum atomic E-state index is -0.856. The Balaban J connectivity index is 1.91. The molecule has 3 aromatic rings. The molecular weight excluding hydrogens is 291 g/mol. The Bertz CT molecular complexity index is 774. The lowest BCUT2D eigenvalue weighted by Crippen LogP contribution is -2.04. The fourth-order valence-corrected chi connectivity index (χ4v) is 2.47. The summed E-state index contributed by atoms with van der Waals surface area (Å²) in [5.74, 6) is -0.415. The number of aromatic nitrogens is 2. The van der Waals surface area contributed by atoms with Gasteiger partial charge in [0.2, 0.25) is 0 Å². The van der Waals surface area contributed by atoms with Crippen molar-refractivity contribution in [2.75, 3.05) is 0 Å². The zero-order valence-corrected chi connectivity index (χ0v) is 11.8. The molecule has 106 valence electrons. The van der Waals surface area contributed by atoms with Crippen molar-refractivity contribution >= 4 is 22.6 Å². The first-order valence-electron chi connectivity index (χ1n) is 6.47. The van der Waals surface area contributed by atoms with E-state index in [4.69, 9.17) is 11.6 Å². The molecule has 0 saturated carbocycles. The quantitative estimate of drug-likeness (QED) is 0.802. The summed E-state index contributed by atoms with van der Waals surface area (Å²) in [7, 11) is 0. The summed E-state index contributed by atoms with van der Waals surface area (Å²) in [6.07, 6.45) is 2.45. The van der Waals surface area contributed by atoms with Crippen LogP contribution in [0.3, 0.4) is 0 Å². The zero-order chi connectivity index (χ0) is 14.8. The lowest BCUT2D eigenvalue weighted by Gasteiger charge is -2.13. The Kier molecular flexibility index (Phi) is 3.82. The monoisotopic (exact) mass is 302 g/mol. The normalized spacial score (nSPS) is 12.5. The second-order valence-electron chi connectivity index (χ2n) is 4.72. The predicted molar refractivity (Wildman–Crippen MR) is 79.6 cm³/mol. The minimum Gasteiger partial charge on any atom is -0.388 e. The third-order valence-electron chi connectivity index (χ3n) is 3.34. The number of nitrogens with zero attached hydrogens (tertiary/aromatic N) is 2. The van der Waals surface area contributed by atoms with Gasteiger partial charge in [0.05, 0.1) is 17.1 Å². The Morgan fingerprint density at radius 1 is 1.10 bits per heavy atom. The van der Waals surface area contributed by atoms with E-state index in [9.17, 15) is 9.50 Å². The van der Waals surface area contributed by atoms with Gasteiger partial charge in [-0.25, -0.2) is 4.39 Å². The maximum atomic E-state index is 13.8. The van der Waals surface area contributed by atoms with E-state index in [1.807, 2.05) is 0 Å². The van der Waals surface area contributed by atoms with Crippen molar-refractivity contribution in [1.29, 1.82) is 0 Å². The highest BCUT2D eigenvalue weighted by atomic mass is 35.5. The number of fused-ring (bicyclic) bond motifs is 1. The maximum absolute atomic E-state index is 13.8. The molecule has 0 spiro atoms. The molecule has 1 unspecified atom stereocenters. The molecule has 5 heteroatoms. The van der Waals surface area contributed by atoms with Gasteiger partial charge in [0.1, 0.15) is 5.82 Å². The minimum absolute atomic E-state index is 0.108. The first kappa shape index (κ1) is 13.9. The molecule has 0 bridgehead atoms. The summed E-state index contributed by atoms with van der Waals surface area (Å²) in [5, 5.41) is 10.6. The van der Waals surface area contributed by atoms with Gasteiger partial charge in [-0.05, 0) is 29.8 Å². The highest BCUT2D eigenvalue weighted by molar-refractivity contribution is 6.31. The predicted octanol–water partition coefficient (Wildman–Crippen LogP) is 3.70. The summed E-state index contributed by atoms with van der Waals surface area (Å²) in [6.45, 7) is 0. The molecule has 0 fully saturated rings.